The van der Waals surface area contributed by atoms with Crippen LogP contribution in [0.25, 0.3) is 10.9 Å². The van der Waals surface area contributed by atoms with E-state index in [-0.39, 0.29) is 76.1 Å². The van der Waals surface area contributed by atoms with Crippen LogP contribution in [0.2, 0.25) is 0 Å². The van der Waals surface area contributed by atoms with Gasteiger partial charge in [0.05, 0.1) is 0 Å². The smallest absolute Gasteiger partial charge is 0.303 e. The largest absolute Gasteiger partial charge is 0.508 e. The van der Waals surface area contributed by atoms with Crippen molar-refractivity contribution in [3.8, 4) is 11.5 Å². The number of rotatable bonds is 24. The van der Waals surface area contributed by atoms with Gasteiger partial charge < -0.3 is 106 Å². The average Bonchev–Trinajstić information content (AvgIpc) is 1.66. The summed E-state index contributed by atoms with van der Waals surface area (Å²) in [7, 11) is 1.67. The van der Waals surface area contributed by atoms with Gasteiger partial charge in [-0.3, -0.25) is 72.5 Å². The van der Waals surface area contributed by atoms with Gasteiger partial charge in [0, 0.05) is 99.7 Å². The number of fused-ring (bicyclic) bond motifs is 1. The second kappa shape index (κ2) is 40.8. The van der Waals surface area contributed by atoms with E-state index >= 15 is 4.79 Å². The molecule has 2 saturated heterocycles. The Labute approximate surface area is 605 Å². The highest BCUT2D eigenvalue weighted by Gasteiger charge is 2.39. The van der Waals surface area contributed by atoms with E-state index in [1.54, 1.807) is 44.3 Å². The minimum atomic E-state index is -1.76. The SMILES string of the molecule is CC(C)[C@@H]1NC(=O)[C@@H](NC(=O)[C@H](Cc2ccc(O)cc2)NC(=O)[C@@H]2CCCN2C(=O)CCN)CSSC[C@H](C(N)=O)NC(=O)[C@H](CCC(=O)O)NC(=O)[C@H](Cc2c[nH]c3ccccc23)NC(=O)[C@H](CCC(=O)O)NC(=O)CCNC(=O)[C@H](CCCNC(=N)N)NC(=O)[C@H](Cc2ccc(O)cc2)NC1=O. The second-order valence-corrected chi connectivity index (χ2v) is 27.8. The molecule has 2 aliphatic rings. The number of primary amides is 1. The van der Waals surface area contributed by atoms with Crippen molar-refractivity contribution in [3.05, 3.63) is 95.7 Å². The molecular formula is C67H91N17O18S2. The molecule has 10 atom stereocenters. The summed E-state index contributed by atoms with van der Waals surface area (Å²) in [5.74, 6) is -16.3. The van der Waals surface area contributed by atoms with Gasteiger partial charge in [-0.1, -0.05) is 77.9 Å². The Morgan fingerprint density at radius 3 is 1.84 bits per heavy atom. The van der Waals surface area contributed by atoms with Gasteiger partial charge in [-0.05, 0) is 91.5 Å². The Kier molecular flexibility index (Phi) is 32.3. The van der Waals surface area contributed by atoms with Crippen molar-refractivity contribution in [3.63, 3.8) is 0 Å². The van der Waals surface area contributed by atoms with Gasteiger partial charge in [0.1, 0.15) is 71.9 Å². The van der Waals surface area contributed by atoms with Gasteiger partial charge in [0.15, 0.2) is 5.96 Å². The number of nitrogens with one attached hydrogen (secondary N) is 13. The van der Waals surface area contributed by atoms with E-state index in [9.17, 15) is 82.8 Å². The third-order valence-corrected chi connectivity index (χ3v) is 19.3. The van der Waals surface area contributed by atoms with E-state index < -0.39 is 205 Å². The molecule has 0 bridgehead atoms. The van der Waals surface area contributed by atoms with E-state index in [0.29, 0.717) is 34.0 Å². The third kappa shape index (κ3) is 26.3. The molecule has 2 aliphatic heterocycles. The molecule has 2 fully saturated rings. The van der Waals surface area contributed by atoms with E-state index in [1.807, 2.05) is 0 Å². The predicted molar refractivity (Wildman–Crippen MR) is 381 cm³/mol. The van der Waals surface area contributed by atoms with Gasteiger partial charge >= 0.3 is 11.9 Å². The van der Waals surface area contributed by atoms with Crippen LogP contribution < -0.4 is 75.7 Å². The maximum absolute atomic E-state index is 15.0. The fourth-order valence-corrected chi connectivity index (χ4v) is 13.7. The summed E-state index contributed by atoms with van der Waals surface area (Å²) in [5.41, 5.74) is 18.9. The number of carboxylic acid groups (broad SMARTS) is 2. The highest BCUT2D eigenvalue weighted by molar-refractivity contribution is 8.76. The minimum Gasteiger partial charge on any atom is -0.508 e. The number of aliphatic carboxylic acids is 2. The van der Waals surface area contributed by atoms with Crippen molar-refractivity contribution in [2.75, 3.05) is 37.7 Å². The number of aromatic amines is 1. The number of benzene rings is 3. The van der Waals surface area contributed by atoms with E-state index in [4.69, 9.17) is 22.6 Å². The van der Waals surface area contributed by atoms with Crippen LogP contribution in [0.4, 0.5) is 0 Å². The third-order valence-electron chi connectivity index (χ3n) is 16.9. The first-order valence-corrected chi connectivity index (χ1v) is 36.1. The van der Waals surface area contributed by atoms with E-state index in [1.165, 1.54) is 53.4 Å². The van der Waals surface area contributed by atoms with Gasteiger partial charge in [-0.2, -0.15) is 0 Å². The number of phenolic OH excluding ortho intramolecular Hbond substituents is 2. The molecule has 0 spiro atoms. The number of carbonyl (C=O) groups excluding carboxylic acids is 12. The molecule has 4 aromatic rings. The summed E-state index contributed by atoms with van der Waals surface area (Å²) in [5, 5.41) is 76.5. The van der Waals surface area contributed by atoms with Crippen LogP contribution in [-0.2, 0) is 86.4 Å². The molecule has 3 aromatic carbocycles. The number of carbonyl (C=O) groups is 14. The first-order valence-electron chi connectivity index (χ1n) is 33.7. The number of hydrogen-bond donors (Lipinski definition) is 20. The Balaban J connectivity index is 1.41. The molecule has 37 heteroatoms. The second-order valence-electron chi connectivity index (χ2n) is 25.2. The number of nitrogens with two attached hydrogens (primary N) is 3. The molecule has 35 nitrogen and oxygen atoms in total. The Bertz CT molecular complexity index is 3730. The molecule has 104 heavy (non-hydrogen) atoms. The molecule has 23 N–H and O–H groups in total. The van der Waals surface area contributed by atoms with Crippen LogP contribution in [0, 0.1) is 11.3 Å². The Morgan fingerprint density at radius 2 is 1.22 bits per heavy atom. The fourth-order valence-electron chi connectivity index (χ4n) is 11.3. The summed E-state index contributed by atoms with van der Waals surface area (Å²) in [6, 6.07) is 2.66. The zero-order chi connectivity index (χ0) is 76.2. The fraction of sp³-hybridized carbons (Fsp3) is 0.478. The standard InChI is InChI=1S/C67H91N17O18S2/c1-35(2)56-66(102)80-47(30-37-13-17-40(86)18-14-37)61(97)76-43(9-5-26-73-67(70)71)58(94)72-27-24-52(87)75-44(19-21-54(89)90)59(95)78-48(31-38-32-74-42-8-4-3-7-41(38)42)63(99)77-45(20-22-55(91)92)60(96)81-49(57(69)93)33-103-104-34-50(64(100)83-56)82-62(98)46(29-36-11-15-39(85)16-12-36)79-65(101)51-10-6-28-84(51)53(88)23-25-68/h3-4,7-8,11-18,32,35,43-51,56,74,85-86H,5-6,9-10,19-31,33-34,68H2,1-2H3,(H2,69,93)(H,72,94)(H,75,87)(H,76,97)(H,77,99)(H,78,95)(H,79,101)(H,80,102)(H,81,96)(H,82,98)(H,83,100)(H,89,90)(H,91,92)(H4,70,71,73)/t43-,44-,45-,46-,47-,48-,49+,50-,51-,56-/m0/s1. The molecule has 12 amide bonds. The number of H-pyrrole nitrogens is 1. The molecule has 3 heterocycles. The summed E-state index contributed by atoms with van der Waals surface area (Å²) in [6.45, 7) is 2.90. The molecule has 0 unspecified atom stereocenters. The Hall–Kier alpha value is -10.7. The van der Waals surface area contributed by atoms with Crippen LogP contribution >= 0.6 is 21.6 Å². The van der Waals surface area contributed by atoms with Gasteiger partial charge in [-0.15, -0.1) is 0 Å². The minimum absolute atomic E-state index is 0.00390. The lowest BCUT2D eigenvalue weighted by Gasteiger charge is -2.29. The number of aromatic hydroxyl groups is 2. The first-order chi connectivity index (χ1) is 49.5. The lowest BCUT2D eigenvalue weighted by atomic mass is 10.00. The number of amides is 12. The highest BCUT2D eigenvalue weighted by Crippen LogP contribution is 2.26. The van der Waals surface area contributed by atoms with Gasteiger partial charge in [0.2, 0.25) is 70.9 Å². The number of guanidine groups is 1. The molecule has 0 radical (unpaired) electrons. The summed E-state index contributed by atoms with van der Waals surface area (Å²) < 4.78 is 0. The van der Waals surface area contributed by atoms with Crippen LogP contribution in [0.3, 0.4) is 0 Å². The number of para-hydroxylation sites is 1. The molecule has 0 saturated carbocycles. The first kappa shape index (κ1) is 82.3. The van der Waals surface area contributed by atoms with Crippen molar-refractivity contribution in [2.45, 2.75) is 158 Å². The van der Waals surface area contributed by atoms with Crippen LogP contribution in [0.1, 0.15) is 94.7 Å². The maximum atomic E-state index is 15.0. The van der Waals surface area contributed by atoms with Crippen molar-refractivity contribution in [1.29, 1.82) is 5.41 Å². The summed E-state index contributed by atoms with van der Waals surface area (Å²) in [4.78, 5) is 200. The van der Waals surface area contributed by atoms with Crippen LogP contribution in [-0.4, -0.2) is 217 Å². The lowest BCUT2D eigenvalue weighted by molar-refractivity contribution is -0.139. The number of likely N-dealkylation sites (tertiary alicyclic amines) is 1. The van der Waals surface area contributed by atoms with Gasteiger partial charge in [0.25, 0.3) is 0 Å². The van der Waals surface area contributed by atoms with Crippen molar-refractivity contribution < 1.29 is 87.5 Å². The normalized spacial score (nSPS) is 22.2. The monoisotopic (exact) mass is 1490 g/mol. The molecule has 564 valence electrons. The Morgan fingerprint density at radius 1 is 0.654 bits per heavy atom. The zero-order valence-electron chi connectivity index (χ0n) is 57.3. The maximum Gasteiger partial charge on any atom is 0.303 e. The molecule has 1 aromatic heterocycles. The number of aromatic nitrogens is 1. The van der Waals surface area contributed by atoms with Crippen molar-refractivity contribution >= 4 is 121 Å². The zero-order valence-corrected chi connectivity index (χ0v) is 58.9. The quantitative estimate of drug-likeness (QED) is 0.0147. The van der Waals surface area contributed by atoms with E-state index in [2.05, 4.69) is 63.5 Å². The van der Waals surface area contributed by atoms with Crippen molar-refractivity contribution in [2.24, 2.45) is 23.1 Å². The van der Waals surface area contributed by atoms with Crippen molar-refractivity contribution in [1.82, 2.24) is 68.4 Å². The number of hydrogen-bond acceptors (Lipinski definition) is 20. The lowest BCUT2D eigenvalue weighted by Crippen LogP contribution is -2.61. The summed E-state index contributed by atoms with van der Waals surface area (Å²) >= 11 is 0. The van der Waals surface area contributed by atoms with Crippen LogP contribution in [0.5, 0.6) is 11.5 Å². The van der Waals surface area contributed by atoms with E-state index in [0.717, 1.165) is 21.6 Å². The number of nitrogens with zero attached hydrogens (tertiary/aromatic N) is 1. The molecular weight excluding hydrogens is 1390 g/mol. The number of carboxylic acids is 2. The van der Waals surface area contributed by atoms with Gasteiger partial charge in [-0.25, -0.2) is 0 Å². The number of phenols is 2. The highest BCUT2D eigenvalue weighted by atomic mass is 33.1. The van der Waals surface area contributed by atoms with Crippen LogP contribution in [0.15, 0.2) is 79.0 Å². The topological polar surface area (TPSA) is 573 Å². The average molecular weight is 1490 g/mol. The molecule has 0 aliphatic carbocycles. The predicted octanol–water partition coefficient (Wildman–Crippen LogP) is -2.65. The summed E-state index contributed by atoms with van der Waals surface area (Å²) in [6.07, 6.45) is -1.88. The molecule has 6 rings (SSSR count).